The number of methoxy groups -OCH3 is 2. The van der Waals surface area contributed by atoms with Crippen LogP contribution in [0.2, 0.25) is 0 Å². The highest BCUT2D eigenvalue weighted by Crippen LogP contribution is 2.47. The van der Waals surface area contributed by atoms with Crippen molar-refractivity contribution in [1.29, 1.82) is 0 Å². The molecule has 8 nitrogen and oxygen atoms in total. The zero-order chi connectivity index (χ0) is 26.0. The number of hydrogen-bond acceptors (Lipinski definition) is 5. The first-order chi connectivity index (χ1) is 17.3. The highest BCUT2D eigenvalue weighted by Gasteiger charge is 2.54. The van der Waals surface area contributed by atoms with Gasteiger partial charge in [0, 0.05) is 37.6 Å². The van der Waals surface area contributed by atoms with Crippen LogP contribution in [0.4, 0.5) is 4.79 Å². The standard InChI is InChI=1S/C28H38N4O4/c1-7-11-29-20(4)26(33)30-12-9-28(10-13-30)25-15-19(3)14-23-21(16-22(35-5)17-24(23)36-6)18-31(25)27(34)32(28)8-2/h11,15-17,19H,4,7-10,12-14,18H2,1-3,5-6H3. The molecule has 1 unspecified atom stereocenters. The summed E-state index contributed by atoms with van der Waals surface area (Å²) in [5.74, 6) is 1.58. The lowest BCUT2D eigenvalue weighted by atomic mass is 9.81. The molecule has 0 N–H and O–H groups in total. The summed E-state index contributed by atoms with van der Waals surface area (Å²) in [6.07, 6.45) is 6.92. The van der Waals surface area contributed by atoms with Crippen molar-refractivity contribution in [3.63, 3.8) is 0 Å². The van der Waals surface area contributed by atoms with Gasteiger partial charge in [-0.25, -0.2) is 4.79 Å². The second-order valence-corrected chi connectivity index (χ2v) is 9.80. The van der Waals surface area contributed by atoms with Gasteiger partial charge in [-0.1, -0.05) is 26.5 Å². The lowest BCUT2D eigenvalue weighted by Crippen LogP contribution is -2.54. The highest BCUT2D eigenvalue weighted by atomic mass is 16.5. The lowest BCUT2D eigenvalue weighted by molar-refractivity contribution is -0.129. The Kier molecular flexibility index (Phi) is 7.43. The first kappa shape index (κ1) is 25.8. The van der Waals surface area contributed by atoms with E-state index >= 15 is 0 Å². The fourth-order valence-electron chi connectivity index (χ4n) is 5.87. The molecule has 3 heterocycles. The van der Waals surface area contributed by atoms with E-state index in [0.717, 1.165) is 41.2 Å². The van der Waals surface area contributed by atoms with Crippen LogP contribution in [-0.4, -0.2) is 72.2 Å². The molecule has 3 aliphatic heterocycles. The number of benzene rings is 1. The van der Waals surface area contributed by atoms with Crippen LogP contribution in [0.5, 0.6) is 11.5 Å². The molecule has 194 valence electrons. The number of aliphatic imine (C=N–C) groups is 1. The van der Waals surface area contributed by atoms with Crippen molar-refractivity contribution in [2.45, 2.75) is 58.5 Å². The van der Waals surface area contributed by atoms with Gasteiger partial charge >= 0.3 is 6.03 Å². The lowest BCUT2D eigenvalue weighted by Gasteiger charge is -2.44. The number of carbonyl (C=O) groups is 2. The van der Waals surface area contributed by atoms with E-state index in [0.29, 0.717) is 39.0 Å². The van der Waals surface area contributed by atoms with E-state index in [1.54, 1.807) is 20.4 Å². The fraction of sp³-hybridized carbons (Fsp3) is 0.536. The Morgan fingerprint density at radius 3 is 2.56 bits per heavy atom. The van der Waals surface area contributed by atoms with Crippen LogP contribution < -0.4 is 9.47 Å². The normalized spacial score (nSPS) is 21.1. The number of likely N-dealkylation sites (tertiary alicyclic amines) is 1. The van der Waals surface area contributed by atoms with Crippen molar-refractivity contribution in [3.05, 3.63) is 47.3 Å². The van der Waals surface area contributed by atoms with Crippen LogP contribution in [0.15, 0.2) is 41.2 Å². The van der Waals surface area contributed by atoms with Gasteiger partial charge in [0.15, 0.2) is 0 Å². The third-order valence-electron chi connectivity index (χ3n) is 7.64. The van der Waals surface area contributed by atoms with E-state index < -0.39 is 5.54 Å². The highest BCUT2D eigenvalue weighted by molar-refractivity contribution is 5.94. The molecule has 3 amide bonds. The molecule has 0 saturated carbocycles. The maximum absolute atomic E-state index is 13.8. The molecular weight excluding hydrogens is 456 g/mol. The molecule has 1 spiro atoms. The van der Waals surface area contributed by atoms with E-state index in [1.165, 1.54) is 0 Å². The molecule has 2 fully saturated rings. The Morgan fingerprint density at radius 2 is 1.94 bits per heavy atom. The minimum Gasteiger partial charge on any atom is -0.497 e. The zero-order valence-corrected chi connectivity index (χ0v) is 22.2. The van der Waals surface area contributed by atoms with E-state index in [4.69, 9.17) is 9.47 Å². The SMILES string of the molecule is C=C(N=CCC)C(=O)N1CCC2(CC1)C1=CC(C)Cc3c(cc(OC)cc3OC)CN1C(=O)N2CC. The topological polar surface area (TPSA) is 74.7 Å². The number of ether oxygens (including phenoxy) is 2. The number of carbonyl (C=O) groups excluding carboxylic acids is 2. The van der Waals surface area contributed by atoms with Gasteiger partial charge in [-0.3, -0.25) is 14.7 Å². The number of hydrogen-bond donors (Lipinski definition) is 0. The number of likely N-dealkylation sites (N-methyl/N-ethyl adjacent to an activating group) is 1. The predicted octanol–water partition coefficient (Wildman–Crippen LogP) is 4.39. The number of rotatable bonds is 6. The summed E-state index contributed by atoms with van der Waals surface area (Å²) in [4.78, 5) is 36.6. The second kappa shape index (κ2) is 10.4. The van der Waals surface area contributed by atoms with Gasteiger partial charge in [0.05, 0.1) is 26.3 Å². The molecule has 0 aliphatic carbocycles. The van der Waals surface area contributed by atoms with Gasteiger partial charge < -0.3 is 19.3 Å². The first-order valence-electron chi connectivity index (χ1n) is 12.9. The van der Waals surface area contributed by atoms with Crippen LogP contribution in [0, 0.1) is 5.92 Å². The van der Waals surface area contributed by atoms with E-state index in [1.807, 2.05) is 40.7 Å². The molecule has 1 atom stereocenters. The first-order valence-corrected chi connectivity index (χ1v) is 12.9. The number of urea groups is 1. The monoisotopic (exact) mass is 494 g/mol. The largest absolute Gasteiger partial charge is 0.497 e. The Hall–Kier alpha value is -3.29. The van der Waals surface area contributed by atoms with Crippen LogP contribution in [0.3, 0.4) is 0 Å². The molecule has 2 saturated heterocycles. The van der Waals surface area contributed by atoms with Gasteiger partial charge in [0.1, 0.15) is 17.2 Å². The molecule has 36 heavy (non-hydrogen) atoms. The summed E-state index contributed by atoms with van der Waals surface area (Å²) < 4.78 is 11.2. The van der Waals surface area contributed by atoms with Gasteiger partial charge in [-0.15, -0.1) is 0 Å². The number of amides is 3. The van der Waals surface area contributed by atoms with Gasteiger partial charge in [-0.05, 0) is 55.7 Å². The van der Waals surface area contributed by atoms with Gasteiger partial charge in [-0.2, -0.15) is 0 Å². The van der Waals surface area contributed by atoms with E-state index in [9.17, 15) is 9.59 Å². The van der Waals surface area contributed by atoms with Crippen molar-refractivity contribution in [1.82, 2.24) is 14.7 Å². The minimum absolute atomic E-state index is 0.0160. The number of fused-ring (bicyclic) bond motifs is 3. The quantitative estimate of drug-likeness (QED) is 0.434. The summed E-state index contributed by atoms with van der Waals surface area (Å²) >= 11 is 0. The second-order valence-electron chi connectivity index (χ2n) is 9.80. The maximum Gasteiger partial charge on any atom is 0.325 e. The number of nitrogens with zero attached hydrogens (tertiary/aromatic N) is 4. The predicted molar refractivity (Wildman–Crippen MR) is 140 cm³/mol. The molecular formula is C28H38N4O4. The van der Waals surface area contributed by atoms with Crippen LogP contribution >= 0.6 is 0 Å². The average molecular weight is 495 g/mol. The van der Waals surface area contributed by atoms with E-state index in [2.05, 4.69) is 24.6 Å². The molecule has 0 radical (unpaired) electrons. The summed E-state index contributed by atoms with van der Waals surface area (Å²) in [5, 5.41) is 0. The molecule has 0 bridgehead atoms. The fourth-order valence-corrected chi connectivity index (χ4v) is 5.87. The van der Waals surface area contributed by atoms with E-state index in [-0.39, 0.29) is 23.6 Å². The summed E-state index contributed by atoms with van der Waals surface area (Å²) in [6, 6.07) is 3.95. The van der Waals surface area contributed by atoms with Crippen molar-refractivity contribution in [3.8, 4) is 11.5 Å². The zero-order valence-electron chi connectivity index (χ0n) is 22.2. The number of allylic oxidation sites excluding steroid dienone is 1. The van der Waals surface area contributed by atoms with Crippen molar-refractivity contribution in [2.24, 2.45) is 10.9 Å². The molecule has 8 heteroatoms. The smallest absolute Gasteiger partial charge is 0.325 e. The summed E-state index contributed by atoms with van der Waals surface area (Å²) in [5.41, 5.74) is 3.06. The summed E-state index contributed by atoms with van der Waals surface area (Å²) in [6.45, 7) is 12.2. The third kappa shape index (κ3) is 4.38. The van der Waals surface area contributed by atoms with Crippen molar-refractivity contribution < 1.29 is 19.1 Å². The van der Waals surface area contributed by atoms with Crippen LogP contribution in [-0.2, 0) is 17.8 Å². The third-order valence-corrected chi connectivity index (χ3v) is 7.64. The van der Waals surface area contributed by atoms with Gasteiger partial charge in [0.25, 0.3) is 5.91 Å². The molecule has 1 aromatic rings. The minimum atomic E-state index is -0.425. The van der Waals surface area contributed by atoms with Gasteiger partial charge in [0.2, 0.25) is 0 Å². The molecule has 1 aromatic carbocycles. The van der Waals surface area contributed by atoms with Crippen molar-refractivity contribution >= 4 is 18.2 Å². The molecule has 0 aromatic heterocycles. The summed E-state index contributed by atoms with van der Waals surface area (Å²) in [7, 11) is 3.32. The Bertz CT molecular complexity index is 1100. The Balaban J connectivity index is 1.67. The molecule has 4 rings (SSSR count). The maximum atomic E-state index is 13.8. The number of piperidine rings is 1. The van der Waals surface area contributed by atoms with Crippen LogP contribution in [0.1, 0.15) is 51.2 Å². The Labute approximate surface area is 214 Å². The molecule has 3 aliphatic rings. The average Bonchev–Trinajstić information content (AvgIpc) is 3.07. The van der Waals surface area contributed by atoms with Crippen LogP contribution in [0.25, 0.3) is 0 Å². The Morgan fingerprint density at radius 1 is 1.22 bits per heavy atom. The van der Waals surface area contributed by atoms with Crippen molar-refractivity contribution in [2.75, 3.05) is 33.9 Å².